The van der Waals surface area contributed by atoms with Gasteiger partial charge in [0.1, 0.15) is 5.82 Å². The highest BCUT2D eigenvalue weighted by atomic mass is 19.1. The standard InChI is InChI=1S/C13H12FN3/c1-17-6-2-3-11(17)9-16-13-5-4-10(8-15)7-12(13)14/h2-7,16H,9H2,1H3. The van der Waals surface area contributed by atoms with Crippen molar-refractivity contribution in [1.82, 2.24) is 4.57 Å². The molecule has 0 bridgehead atoms. The van der Waals surface area contributed by atoms with Crippen molar-refractivity contribution in [2.75, 3.05) is 5.32 Å². The zero-order valence-corrected chi connectivity index (χ0v) is 9.44. The molecule has 1 heterocycles. The molecule has 0 aliphatic heterocycles. The third-order valence-electron chi connectivity index (χ3n) is 2.61. The number of nitrogens with one attached hydrogen (secondary N) is 1. The number of nitrogens with zero attached hydrogens (tertiary/aromatic N) is 2. The molecule has 1 aromatic heterocycles. The molecule has 0 saturated heterocycles. The fourth-order valence-electron chi connectivity index (χ4n) is 1.59. The van der Waals surface area contributed by atoms with Gasteiger partial charge < -0.3 is 9.88 Å². The zero-order valence-electron chi connectivity index (χ0n) is 9.44. The fourth-order valence-corrected chi connectivity index (χ4v) is 1.59. The molecule has 0 saturated carbocycles. The minimum atomic E-state index is -0.404. The van der Waals surface area contributed by atoms with E-state index in [2.05, 4.69) is 5.32 Å². The van der Waals surface area contributed by atoms with Crippen molar-refractivity contribution in [2.24, 2.45) is 7.05 Å². The Morgan fingerprint density at radius 3 is 2.82 bits per heavy atom. The topological polar surface area (TPSA) is 40.8 Å². The molecule has 1 aromatic carbocycles. The van der Waals surface area contributed by atoms with Crippen LogP contribution in [0.25, 0.3) is 0 Å². The number of aromatic nitrogens is 1. The van der Waals surface area contributed by atoms with Crippen LogP contribution in [0.15, 0.2) is 36.5 Å². The fraction of sp³-hybridized carbons (Fsp3) is 0.154. The van der Waals surface area contributed by atoms with Crippen LogP contribution in [0.4, 0.5) is 10.1 Å². The van der Waals surface area contributed by atoms with Gasteiger partial charge in [0.2, 0.25) is 0 Å². The summed E-state index contributed by atoms with van der Waals surface area (Å²) in [6, 6.07) is 10.2. The molecule has 0 unspecified atom stereocenters. The van der Waals surface area contributed by atoms with E-state index < -0.39 is 5.82 Å². The number of rotatable bonds is 3. The summed E-state index contributed by atoms with van der Waals surface area (Å²) in [5, 5.41) is 11.6. The average Bonchev–Trinajstić information content (AvgIpc) is 2.73. The molecule has 0 spiro atoms. The lowest BCUT2D eigenvalue weighted by molar-refractivity contribution is 0.629. The highest BCUT2D eigenvalue weighted by Gasteiger charge is 2.04. The molecule has 1 N–H and O–H groups in total. The number of benzene rings is 1. The molecule has 17 heavy (non-hydrogen) atoms. The van der Waals surface area contributed by atoms with Crippen LogP contribution in [0.1, 0.15) is 11.3 Å². The van der Waals surface area contributed by atoms with E-state index in [1.165, 1.54) is 6.07 Å². The van der Waals surface area contributed by atoms with Crippen molar-refractivity contribution < 1.29 is 4.39 Å². The number of hydrogen-bond donors (Lipinski definition) is 1. The smallest absolute Gasteiger partial charge is 0.147 e. The van der Waals surface area contributed by atoms with Crippen LogP contribution in [0, 0.1) is 17.1 Å². The second-order valence-corrected chi connectivity index (χ2v) is 3.77. The van der Waals surface area contributed by atoms with Gasteiger partial charge in [-0.3, -0.25) is 0 Å². The van der Waals surface area contributed by atoms with E-state index in [1.807, 2.05) is 36.0 Å². The first kappa shape index (κ1) is 11.2. The summed E-state index contributed by atoms with van der Waals surface area (Å²) in [7, 11) is 1.94. The van der Waals surface area contributed by atoms with Gasteiger partial charge in [-0.25, -0.2) is 4.39 Å². The summed E-state index contributed by atoms with van der Waals surface area (Å²) in [5.74, 6) is -0.404. The van der Waals surface area contributed by atoms with Crippen LogP contribution < -0.4 is 5.32 Å². The van der Waals surface area contributed by atoms with E-state index in [1.54, 1.807) is 12.1 Å². The predicted octanol–water partition coefficient (Wildman–Crippen LogP) is 2.65. The molecule has 2 rings (SSSR count). The van der Waals surface area contributed by atoms with Crippen molar-refractivity contribution in [2.45, 2.75) is 6.54 Å². The Balaban J connectivity index is 2.10. The predicted molar refractivity (Wildman–Crippen MR) is 63.9 cm³/mol. The van der Waals surface area contributed by atoms with Gasteiger partial charge in [-0.1, -0.05) is 0 Å². The summed E-state index contributed by atoms with van der Waals surface area (Å²) >= 11 is 0. The van der Waals surface area contributed by atoms with Crippen LogP contribution in [0.2, 0.25) is 0 Å². The van der Waals surface area contributed by atoms with Gasteiger partial charge in [0.25, 0.3) is 0 Å². The monoisotopic (exact) mass is 229 g/mol. The second-order valence-electron chi connectivity index (χ2n) is 3.77. The Bertz CT molecular complexity index is 566. The average molecular weight is 229 g/mol. The van der Waals surface area contributed by atoms with Crippen LogP contribution >= 0.6 is 0 Å². The quantitative estimate of drug-likeness (QED) is 0.879. The van der Waals surface area contributed by atoms with Crippen molar-refractivity contribution in [3.8, 4) is 6.07 Å². The maximum atomic E-state index is 13.5. The lowest BCUT2D eigenvalue weighted by Crippen LogP contribution is -2.05. The first-order valence-corrected chi connectivity index (χ1v) is 5.24. The molecule has 2 aromatic rings. The first-order valence-electron chi connectivity index (χ1n) is 5.24. The molecule has 0 radical (unpaired) electrons. The Morgan fingerprint density at radius 1 is 1.41 bits per heavy atom. The van der Waals surface area contributed by atoms with Crippen LogP contribution in [0.5, 0.6) is 0 Å². The van der Waals surface area contributed by atoms with E-state index >= 15 is 0 Å². The Morgan fingerprint density at radius 2 is 2.24 bits per heavy atom. The number of anilines is 1. The number of nitriles is 1. The third kappa shape index (κ3) is 2.45. The molecule has 86 valence electrons. The third-order valence-corrected chi connectivity index (χ3v) is 2.61. The normalized spacial score (nSPS) is 9.94. The summed E-state index contributed by atoms with van der Waals surface area (Å²) in [6.45, 7) is 0.548. The molecule has 0 aliphatic carbocycles. The van der Waals surface area contributed by atoms with E-state index in [-0.39, 0.29) is 0 Å². The largest absolute Gasteiger partial charge is 0.377 e. The Kier molecular flexibility index (Phi) is 3.10. The molecule has 4 heteroatoms. The van der Waals surface area contributed by atoms with Crippen LogP contribution in [-0.2, 0) is 13.6 Å². The molecular formula is C13H12FN3. The highest BCUT2D eigenvalue weighted by molar-refractivity contribution is 5.48. The summed E-state index contributed by atoms with van der Waals surface area (Å²) < 4.78 is 15.5. The maximum Gasteiger partial charge on any atom is 0.147 e. The lowest BCUT2D eigenvalue weighted by atomic mass is 10.2. The minimum absolute atomic E-state index is 0.326. The van der Waals surface area contributed by atoms with Crippen LogP contribution in [0.3, 0.4) is 0 Å². The minimum Gasteiger partial charge on any atom is -0.377 e. The second kappa shape index (κ2) is 4.71. The SMILES string of the molecule is Cn1cccc1CNc1ccc(C#N)cc1F. The Hall–Kier alpha value is -2.28. The maximum absolute atomic E-state index is 13.5. The lowest BCUT2D eigenvalue weighted by Gasteiger charge is -2.08. The molecule has 0 amide bonds. The molecular weight excluding hydrogens is 217 g/mol. The van der Waals surface area contributed by atoms with E-state index in [9.17, 15) is 4.39 Å². The van der Waals surface area contributed by atoms with E-state index in [0.717, 1.165) is 5.69 Å². The van der Waals surface area contributed by atoms with Crippen molar-refractivity contribution >= 4 is 5.69 Å². The molecule has 0 aliphatic rings. The van der Waals surface area contributed by atoms with Gasteiger partial charge in [-0.2, -0.15) is 5.26 Å². The van der Waals surface area contributed by atoms with Crippen molar-refractivity contribution in [3.63, 3.8) is 0 Å². The van der Waals surface area contributed by atoms with Crippen LogP contribution in [-0.4, -0.2) is 4.57 Å². The van der Waals surface area contributed by atoms with E-state index in [0.29, 0.717) is 17.8 Å². The van der Waals surface area contributed by atoms with Gasteiger partial charge in [-0.15, -0.1) is 0 Å². The molecule has 3 nitrogen and oxygen atoms in total. The van der Waals surface area contributed by atoms with Gasteiger partial charge in [0.15, 0.2) is 0 Å². The van der Waals surface area contributed by atoms with Gasteiger partial charge in [0.05, 0.1) is 23.9 Å². The van der Waals surface area contributed by atoms with Gasteiger partial charge >= 0.3 is 0 Å². The number of halogens is 1. The molecule has 0 fully saturated rings. The zero-order chi connectivity index (χ0) is 12.3. The first-order chi connectivity index (χ1) is 8.20. The number of hydrogen-bond acceptors (Lipinski definition) is 2. The molecule has 0 atom stereocenters. The van der Waals surface area contributed by atoms with E-state index in [4.69, 9.17) is 5.26 Å². The highest BCUT2D eigenvalue weighted by Crippen LogP contribution is 2.16. The Labute approximate surface area is 99.1 Å². The van der Waals surface area contributed by atoms with Gasteiger partial charge in [-0.05, 0) is 30.3 Å². The van der Waals surface area contributed by atoms with Crippen molar-refractivity contribution in [3.05, 3.63) is 53.6 Å². The van der Waals surface area contributed by atoms with Crippen molar-refractivity contribution in [1.29, 1.82) is 5.26 Å². The summed E-state index contributed by atoms with van der Waals surface area (Å²) in [6.07, 6.45) is 1.94. The summed E-state index contributed by atoms with van der Waals surface area (Å²) in [4.78, 5) is 0. The number of aryl methyl sites for hydroxylation is 1. The summed E-state index contributed by atoms with van der Waals surface area (Å²) in [5.41, 5.74) is 1.80. The van der Waals surface area contributed by atoms with Gasteiger partial charge in [0, 0.05) is 18.9 Å².